The monoisotopic (exact) mass is 374 g/mol. The summed E-state index contributed by atoms with van der Waals surface area (Å²) in [7, 11) is 0. The van der Waals surface area contributed by atoms with Crippen LogP contribution >= 0.6 is 23.2 Å². The summed E-state index contributed by atoms with van der Waals surface area (Å²) in [5, 5.41) is 0.835. The van der Waals surface area contributed by atoms with Crippen LogP contribution in [0.3, 0.4) is 0 Å². The molecule has 0 spiro atoms. The van der Waals surface area contributed by atoms with Crippen molar-refractivity contribution in [3.63, 3.8) is 0 Å². The molecule has 0 aliphatic carbocycles. The first-order valence-electron chi connectivity index (χ1n) is 6.89. The van der Waals surface area contributed by atoms with E-state index in [4.69, 9.17) is 23.2 Å². The van der Waals surface area contributed by atoms with Crippen LogP contribution in [0.4, 0.5) is 13.2 Å². The largest absolute Gasteiger partial charge is 0.573 e. The summed E-state index contributed by atoms with van der Waals surface area (Å²) < 4.78 is 42.3. The molecule has 24 heavy (non-hydrogen) atoms. The highest BCUT2D eigenvalue weighted by molar-refractivity contribution is 6.42. The predicted octanol–water partition coefficient (Wildman–Crippen LogP) is 5.60. The van der Waals surface area contributed by atoms with Crippen LogP contribution in [0, 0.1) is 6.92 Å². The van der Waals surface area contributed by atoms with Crippen LogP contribution in [0.2, 0.25) is 10.0 Å². The Labute approximate surface area is 145 Å². The summed E-state index contributed by atoms with van der Waals surface area (Å²) >= 11 is 12.1. The molecule has 126 valence electrons. The van der Waals surface area contributed by atoms with Gasteiger partial charge in [0, 0.05) is 6.54 Å². The van der Waals surface area contributed by atoms with E-state index >= 15 is 0 Å². The lowest BCUT2D eigenvalue weighted by molar-refractivity contribution is -0.274. The minimum Gasteiger partial charge on any atom is -0.406 e. The SMILES string of the molecule is Cc1nc2cc(Cl)c(Cl)cc2n1Cc1ccc(OC(F)(F)F)cc1. The van der Waals surface area contributed by atoms with Crippen molar-refractivity contribution in [2.45, 2.75) is 19.8 Å². The summed E-state index contributed by atoms with van der Waals surface area (Å²) in [6.07, 6.45) is -4.70. The number of fused-ring (bicyclic) bond motifs is 1. The third kappa shape index (κ3) is 3.60. The van der Waals surface area contributed by atoms with Crippen LogP contribution in [-0.4, -0.2) is 15.9 Å². The molecule has 0 unspecified atom stereocenters. The van der Waals surface area contributed by atoms with Gasteiger partial charge < -0.3 is 9.30 Å². The molecule has 3 rings (SSSR count). The summed E-state index contributed by atoms with van der Waals surface area (Å²) in [5.41, 5.74) is 2.31. The number of rotatable bonds is 3. The summed E-state index contributed by atoms with van der Waals surface area (Å²) in [6, 6.07) is 9.11. The zero-order valence-corrected chi connectivity index (χ0v) is 13.9. The van der Waals surface area contributed by atoms with Crippen molar-refractivity contribution >= 4 is 34.2 Å². The maximum absolute atomic E-state index is 12.2. The summed E-state index contributed by atoms with van der Waals surface area (Å²) in [6.45, 7) is 2.27. The van der Waals surface area contributed by atoms with Crippen LogP contribution in [-0.2, 0) is 6.54 Å². The minimum atomic E-state index is -4.70. The van der Waals surface area contributed by atoms with E-state index in [1.54, 1.807) is 24.3 Å². The number of benzene rings is 2. The summed E-state index contributed by atoms with van der Waals surface area (Å²) in [5.74, 6) is 0.493. The number of halogens is 5. The Hall–Kier alpha value is -1.92. The van der Waals surface area contributed by atoms with Gasteiger partial charge in [0.05, 0.1) is 21.1 Å². The predicted molar refractivity (Wildman–Crippen MR) is 86.7 cm³/mol. The number of aromatic nitrogens is 2. The van der Waals surface area contributed by atoms with Gasteiger partial charge in [-0.2, -0.15) is 0 Å². The molecule has 0 aliphatic heterocycles. The lowest BCUT2D eigenvalue weighted by Crippen LogP contribution is -2.17. The number of nitrogens with zero attached hydrogens (tertiary/aromatic N) is 2. The van der Waals surface area contributed by atoms with E-state index in [-0.39, 0.29) is 5.75 Å². The lowest BCUT2D eigenvalue weighted by atomic mass is 10.2. The van der Waals surface area contributed by atoms with Crippen molar-refractivity contribution in [2.75, 3.05) is 0 Å². The van der Waals surface area contributed by atoms with Gasteiger partial charge in [-0.15, -0.1) is 13.2 Å². The molecule has 0 saturated carbocycles. The average Bonchev–Trinajstić information content (AvgIpc) is 2.76. The first kappa shape index (κ1) is 16.9. The van der Waals surface area contributed by atoms with Gasteiger partial charge in [0.1, 0.15) is 11.6 Å². The standard InChI is InChI=1S/C16H11Cl2F3N2O/c1-9-22-14-6-12(17)13(18)7-15(14)23(9)8-10-2-4-11(5-3-10)24-16(19,20)21/h2-7H,8H2,1H3. The fourth-order valence-corrected chi connectivity index (χ4v) is 2.74. The van der Waals surface area contributed by atoms with E-state index in [0.29, 0.717) is 22.1 Å². The number of alkyl halides is 3. The van der Waals surface area contributed by atoms with Crippen LogP contribution < -0.4 is 4.74 Å². The van der Waals surface area contributed by atoms with Gasteiger partial charge in [-0.1, -0.05) is 35.3 Å². The fraction of sp³-hybridized carbons (Fsp3) is 0.188. The molecule has 1 aromatic heterocycles. The molecule has 0 bridgehead atoms. The van der Waals surface area contributed by atoms with Crippen LogP contribution in [0.25, 0.3) is 11.0 Å². The third-order valence-electron chi connectivity index (χ3n) is 3.48. The molecule has 0 fully saturated rings. The Morgan fingerprint density at radius 2 is 1.71 bits per heavy atom. The van der Waals surface area contributed by atoms with Gasteiger partial charge >= 0.3 is 6.36 Å². The van der Waals surface area contributed by atoms with Crippen LogP contribution in [0.5, 0.6) is 5.75 Å². The second-order valence-electron chi connectivity index (χ2n) is 5.19. The Kier molecular flexibility index (Phi) is 4.36. The maximum Gasteiger partial charge on any atom is 0.573 e. The highest BCUT2D eigenvalue weighted by Gasteiger charge is 2.30. The molecule has 0 saturated heterocycles. The topological polar surface area (TPSA) is 27.1 Å². The van der Waals surface area contributed by atoms with E-state index in [1.165, 1.54) is 12.1 Å². The highest BCUT2D eigenvalue weighted by atomic mass is 35.5. The number of hydrogen-bond donors (Lipinski definition) is 0. The zero-order chi connectivity index (χ0) is 17.5. The molecule has 0 atom stereocenters. The van der Waals surface area contributed by atoms with Crippen molar-refractivity contribution in [1.82, 2.24) is 9.55 Å². The number of aryl methyl sites for hydroxylation is 1. The van der Waals surface area contributed by atoms with E-state index < -0.39 is 6.36 Å². The normalized spacial score (nSPS) is 11.9. The second-order valence-corrected chi connectivity index (χ2v) is 6.01. The van der Waals surface area contributed by atoms with Gasteiger partial charge in [0.2, 0.25) is 0 Å². The smallest absolute Gasteiger partial charge is 0.406 e. The Morgan fingerprint density at radius 3 is 2.33 bits per heavy atom. The first-order valence-corrected chi connectivity index (χ1v) is 7.65. The Morgan fingerprint density at radius 1 is 1.08 bits per heavy atom. The molecule has 0 amide bonds. The van der Waals surface area contributed by atoms with Crippen molar-refractivity contribution in [3.05, 3.63) is 57.8 Å². The van der Waals surface area contributed by atoms with Crippen molar-refractivity contribution in [1.29, 1.82) is 0 Å². The third-order valence-corrected chi connectivity index (χ3v) is 4.20. The van der Waals surface area contributed by atoms with Crippen molar-refractivity contribution < 1.29 is 17.9 Å². The Balaban J connectivity index is 1.90. The molecular weight excluding hydrogens is 364 g/mol. The fourth-order valence-electron chi connectivity index (χ4n) is 2.42. The van der Waals surface area contributed by atoms with E-state index in [0.717, 1.165) is 16.9 Å². The van der Waals surface area contributed by atoms with Gasteiger partial charge in [-0.05, 0) is 36.8 Å². The molecule has 8 heteroatoms. The van der Waals surface area contributed by atoms with Gasteiger partial charge in [0.25, 0.3) is 0 Å². The van der Waals surface area contributed by atoms with E-state index in [9.17, 15) is 13.2 Å². The molecule has 0 aliphatic rings. The van der Waals surface area contributed by atoms with Crippen LogP contribution in [0.1, 0.15) is 11.4 Å². The molecular formula is C16H11Cl2F3N2O. The van der Waals surface area contributed by atoms with Gasteiger partial charge in [-0.25, -0.2) is 4.98 Å². The molecule has 0 radical (unpaired) electrons. The van der Waals surface area contributed by atoms with Gasteiger partial charge in [0.15, 0.2) is 0 Å². The second kappa shape index (κ2) is 6.18. The maximum atomic E-state index is 12.2. The first-order chi connectivity index (χ1) is 11.2. The van der Waals surface area contributed by atoms with Crippen LogP contribution in [0.15, 0.2) is 36.4 Å². The number of imidazole rings is 1. The molecule has 1 heterocycles. The molecule has 0 N–H and O–H groups in total. The van der Waals surface area contributed by atoms with Crippen molar-refractivity contribution in [2.24, 2.45) is 0 Å². The number of hydrogen-bond acceptors (Lipinski definition) is 2. The van der Waals surface area contributed by atoms with E-state index in [1.807, 2.05) is 11.5 Å². The number of ether oxygens (including phenoxy) is 1. The van der Waals surface area contributed by atoms with Crippen molar-refractivity contribution in [3.8, 4) is 5.75 Å². The lowest BCUT2D eigenvalue weighted by Gasteiger charge is -2.11. The van der Waals surface area contributed by atoms with E-state index in [2.05, 4.69) is 9.72 Å². The average molecular weight is 375 g/mol. The minimum absolute atomic E-state index is 0.256. The Bertz CT molecular complexity index is 889. The molecule has 3 aromatic rings. The molecule has 2 aromatic carbocycles. The van der Waals surface area contributed by atoms with Gasteiger partial charge in [-0.3, -0.25) is 0 Å². The highest BCUT2D eigenvalue weighted by Crippen LogP contribution is 2.29. The molecule has 3 nitrogen and oxygen atoms in total. The zero-order valence-electron chi connectivity index (χ0n) is 12.4. The summed E-state index contributed by atoms with van der Waals surface area (Å²) in [4.78, 5) is 4.42. The quantitative estimate of drug-likeness (QED) is 0.596.